The third-order valence-electron chi connectivity index (χ3n) is 4.89. The first-order valence-electron chi connectivity index (χ1n) is 9.41. The predicted octanol–water partition coefficient (Wildman–Crippen LogP) is 4.50. The van der Waals surface area contributed by atoms with Gasteiger partial charge in [-0.3, -0.25) is 4.57 Å². The first-order chi connectivity index (χ1) is 14.3. The minimum absolute atomic E-state index is 0.0788. The fourth-order valence-corrected chi connectivity index (χ4v) is 4.63. The van der Waals surface area contributed by atoms with Crippen molar-refractivity contribution >= 4 is 17.7 Å². The van der Waals surface area contributed by atoms with Gasteiger partial charge in [-0.2, -0.15) is 13.8 Å². The van der Waals surface area contributed by atoms with Crippen molar-refractivity contribution in [2.24, 2.45) is 11.8 Å². The maximum atomic E-state index is 14.1. The lowest BCUT2D eigenvalue weighted by Gasteiger charge is -2.35. The van der Waals surface area contributed by atoms with Crippen molar-refractivity contribution in [2.75, 3.05) is 18.0 Å². The quantitative estimate of drug-likeness (QED) is 0.429. The number of nitrogens with zero attached hydrogens (tertiary/aromatic N) is 5. The fraction of sp³-hybridized carbons (Fsp3) is 0.421. The Balaban J connectivity index is 1.74. The highest BCUT2D eigenvalue weighted by molar-refractivity contribution is 7.99. The Bertz CT molecular complexity index is 1010. The van der Waals surface area contributed by atoms with Gasteiger partial charge in [0.1, 0.15) is 5.76 Å². The Morgan fingerprint density at radius 2 is 1.73 bits per heavy atom. The van der Waals surface area contributed by atoms with E-state index in [-0.39, 0.29) is 11.7 Å². The molecule has 11 heteroatoms. The molecule has 1 saturated heterocycles. The highest BCUT2D eigenvalue weighted by Crippen LogP contribution is 2.35. The third-order valence-corrected chi connectivity index (χ3v) is 5.94. The predicted molar refractivity (Wildman–Crippen MR) is 101 cm³/mol. The summed E-state index contributed by atoms with van der Waals surface area (Å²) in [5.41, 5.74) is 0. The molecule has 0 aromatic carbocycles. The first kappa shape index (κ1) is 20.7. The summed E-state index contributed by atoms with van der Waals surface area (Å²) >= 11 is 0.455. The molecule has 6 nitrogen and oxygen atoms in total. The van der Waals surface area contributed by atoms with Crippen LogP contribution in [-0.2, 0) is 6.54 Å². The zero-order valence-corrected chi connectivity index (χ0v) is 17.1. The molecule has 0 N–H and O–H groups in total. The van der Waals surface area contributed by atoms with E-state index in [1.165, 1.54) is 6.26 Å². The summed E-state index contributed by atoms with van der Waals surface area (Å²) in [6.45, 7) is 5.95. The van der Waals surface area contributed by atoms with Crippen molar-refractivity contribution in [1.82, 2.24) is 19.7 Å². The molecule has 1 aliphatic heterocycles. The Kier molecular flexibility index (Phi) is 5.72. The van der Waals surface area contributed by atoms with Gasteiger partial charge in [0, 0.05) is 13.1 Å². The number of hydrogen-bond donors (Lipinski definition) is 0. The van der Waals surface area contributed by atoms with E-state index < -0.39 is 28.4 Å². The molecular weight excluding hydrogens is 422 g/mol. The molecule has 2 unspecified atom stereocenters. The molecule has 1 aliphatic rings. The summed E-state index contributed by atoms with van der Waals surface area (Å²) in [6, 6.07) is 3.46. The highest BCUT2D eigenvalue weighted by atomic mass is 32.2. The van der Waals surface area contributed by atoms with Crippen LogP contribution in [0.4, 0.5) is 23.5 Å². The molecule has 0 saturated carbocycles. The standard InChI is InChI=1S/C19H19F4N5OS/c1-10-6-11(2)8-27(7-10)18-25-26-19(28(18)9-12-4-3-5-29-12)30-15-13(20)16(22)24-17(23)14(15)21/h3-5,10-11H,6-9H2,1-2H3. The van der Waals surface area contributed by atoms with Gasteiger partial charge in [-0.1, -0.05) is 13.8 Å². The number of anilines is 1. The van der Waals surface area contributed by atoms with E-state index in [1.807, 2.05) is 0 Å². The number of piperidine rings is 1. The second-order valence-corrected chi connectivity index (χ2v) is 8.53. The normalized spacial score (nSPS) is 19.5. The van der Waals surface area contributed by atoms with Gasteiger partial charge in [-0.05, 0) is 42.2 Å². The molecule has 30 heavy (non-hydrogen) atoms. The van der Waals surface area contributed by atoms with Gasteiger partial charge in [0.2, 0.25) is 5.95 Å². The summed E-state index contributed by atoms with van der Waals surface area (Å²) in [7, 11) is 0. The van der Waals surface area contributed by atoms with E-state index in [2.05, 4.69) is 33.9 Å². The van der Waals surface area contributed by atoms with Crippen LogP contribution in [0.5, 0.6) is 0 Å². The molecule has 0 radical (unpaired) electrons. The van der Waals surface area contributed by atoms with E-state index >= 15 is 0 Å². The molecular formula is C19H19F4N5OS. The van der Waals surface area contributed by atoms with E-state index in [0.29, 0.717) is 35.3 Å². The van der Waals surface area contributed by atoms with Crippen molar-refractivity contribution < 1.29 is 22.0 Å². The van der Waals surface area contributed by atoms with Crippen molar-refractivity contribution in [2.45, 2.75) is 36.9 Å². The van der Waals surface area contributed by atoms with E-state index in [9.17, 15) is 17.6 Å². The summed E-state index contributed by atoms with van der Waals surface area (Å²) in [5.74, 6) is -4.65. The summed E-state index contributed by atoms with van der Waals surface area (Å²) < 4.78 is 62.4. The Morgan fingerprint density at radius 1 is 1.07 bits per heavy atom. The van der Waals surface area contributed by atoms with Crippen LogP contribution in [0.3, 0.4) is 0 Å². The van der Waals surface area contributed by atoms with Gasteiger partial charge in [-0.25, -0.2) is 8.78 Å². The molecule has 1 fully saturated rings. The van der Waals surface area contributed by atoms with Crippen LogP contribution in [0.25, 0.3) is 0 Å². The fourth-order valence-electron chi connectivity index (χ4n) is 3.76. The number of halogens is 4. The lowest BCUT2D eigenvalue weighted by Crippen LogP contribution is -2.40. The van der Waals surface area contributed by atoms with Crippen LogP contribution in [-0.4, -0.2) is 32.8 Å². The maximum Gasteiger partial charge on any atom is 0.252 e. The van der Waals surface area contributed by atoms with Crippen molar-refractivity contribution in [3.05, 3.63) is 47.7 Å². The van der Waals surface area contributed by atoms with Crippen LogP contribution in [0.2, 0.25) is 0 Å². The molecule has 4 rings (SSSR count). The third kappa shape index (κ3) is 4.03. The number of rotatable bonds is 5. The van der Waals surface area contributed by atoms with Crippen LogP contribution in [0, 0.1) is 35.4 Å². The molecule has 160 valence electrons. The molecule has 4 heterocycles. The number of aromatic nitrogens is 4. The largest absolute Gasteiger partial charge is 0.467 e. The zero-order valence-electron chi connectivity index (χ0n) is 16.3. The Labute approximate surface area is 174 Å². The van der Waals surface area contributed by atoms with Crippen molar-refractivity contribution in [1.29, 1.82) is 0 Å². The molecule has 0 aliphatic carbocycles. The molecule has 2 atom stereocenters. The maximum absolute atomic E-state index is 14.1. The summed E-state index contributed by atoms with van der Waals surface area (Å²) in [5, 5.41) is 8.35. The second kappa shape index (κ2) is 8.29. The van der Waals surface area contributed by atoms with E-state index in [1.54, 1.807) is 16.7 Å². The SMILES string of the molecule is CC1CC(C)CN(c2nnc(Sc3c(F)c(F)nc(F)c3F)n2Cc2ccco2)C1. The smallest absolute Gasteiger partial charge is 0.252 e. The lowest BCUT2D eigenvalue weighted by molar-refractivity contribution is 0.350. The van der Waals surface area contributed by atoms with Gasteiger partial charge in [0.15, 0.2) is 16.8 Å². The molecule has 0 amide bonds. The first-order valence-corrected chi connectivity index (χ1v) is 10.2. The average Bonchev–Trinajstić information content (AvgIpc) is 3.33. The van der Waals surface area contributed by atoms with Crippen LogP contribution in [0.1, 0.15) is 26.0 Å². The number of hydrogen-bond acceptors (Lipinski definition) is 6. The van der Waals surface area contributed by atoms with Crippen molar-refractivity contribution in [3.8, 4) is 0 Å². The monoisotopic (exact) mass is 441 g/mol. The number of furan rings is 1. The number of pyridine rings is 1. The Hall–Kier alpha value is -2.56. The average molecular weight is 441 g/mol. The molecule has 3 aromatic heterocycles. The summed E-state index contributed by atoms with van der Waals surface area (Å²) in [4.78, 5) is 3.78. The van der Waals surface area contributed by atoms with Crippen LogP contribution in [0.15, 0.2) is 32.9 Å². The molecule has 0 bridgehead atoms. The topological polar surface area (TPSA) is 60.0 Å². The summed E-state index contributed by atoms with van der Waals surface area (Å²) in [6.07, 6.45) is 2.58. The zero-order chi connectivity index (χ0) is 21.4. The van der Waals surface area contributed by atoms with Gasteiger partial charge in [0.25, 0.3) is 11.9 Å². The van der Waals surface area contributed by atoms with Crippen LogP contribution < -0.4 is 4.90 Å². The Morgan fingerprint density at radius 3 is 2.33 bits per heavy atom. The minimum atomic E-state index is -1.72. The van der Waals surface area contributed by atoms with E-state index in [0.717, 1.165) is 19.5 Å². The van der Waals surface area contributed by atoms with Gasteiger partial charge < -0.3 is 9.32 Å². The van der Waals surface area contributed by atoms with Crippen molar-refractivity contribution in [3.63, 3.8) is 0 Å². The minimum Gasteiger partial charge on any atom is -0.467 e. The van der Waals surface area contributed by atoms with Gasteiger partial charge in [-0.15, -0.1) is 10.2 Å². The van der Waals surface area contributed by atoms with Crippen LogP contribution >= 0.6 is 11.8 Å². The van der Waals surface area contributed by atoms with Gasteiger partial charge in [0.05, 0.1) is 17.7 Å². The second-order valence-electron chi connectivity index (χ2n) is 7.55. The molecule has 0 spiro atoms. The van der Waals surface area contributed by atoms with Gasteiger partial charge >= 0.3 is 0 Å². The lowest BCUT2D eigenvalue weighted by atomic mass is 9.92. The molecule has 3 aromatic rings. The highest BCUT2D eigenvalue weighted by Gasteiger charge is 2.29. The van der Waals surface area contributed by atoms with E-state index in [4.69, 9.17) is 4.42 Å².